The fraction of sp³-hybridized carbons (Fsp3) is 0.333. The van der Waals surface area contributed by atoms with Crippen molar-refractivity contribution in [2.24, 2.45) is 0 Å². The Labute approximate surface area is 76.3 Å². The SMILES string of the molecule is O=CC1CC(c2cccnc2)NN1. The molecule has 1 fully saturated rings. The van der Waals surface area contributed by atoms with Gasteiger partial charge in [0.15, 0.2) is 0 Å². The van der Waals surface area contributed by atoms with E-state index in [1.807, 2.05) is 18.3 Å². The summed E-state index contributed by atoms with van der Waals surface area (Å²) in [6.45, 7) is 0. The average Bonchev–Trinajstić information content (AvgIpc) is 2.67. The Bertz CT molecular complexity index is 288. The molecule has 0 bridgehead atoms. The average molecular weight is 177 g/mol. The van der Waals surface area contributed by atoms with Crippen LogP contribution in [-0.4, -0.2) is 17.3 Å². The van der Waals surface area contributed by atoms with Crippen LogP contribution >= 0.6 is 0 Å². The molecule has 0 radical (unpaired) electrons. The summed E-state index contributed by atoms with van der Waals surface area (Å²) in [5, 5.41) is 0. The van der Waals surface area contributed by atoms with Gasteiger partial charge in [-0.3, -0.25) is 4.98 Å². The van der Waals surface area contributed by atoms with Crippen molar-refractivity contribution < 1.29 is 4.79 Å². The van der Waals surface area contributed by atoms with Crippen LogP contribution in [0.25, 0.3) is 0 Å². The highest BCUT2D eigenvalue weighted by Crippen LogP contribution is 2.19. The Balaban J connectivity index is 2.08. The monoisotopic (exact) mass is 177 g/mol. The van der Waals surface area contributed by atoms with Crippen LogP contribution in [-0.2, 0) is 4.79 Å². The van der Waals surface area contributed by atoms with Crippen molar-refractivity contribution in [1.29, 1.82) is 0 Å². The van der Waals surface area contributed by atoms with Crippen LogP contribution in [0.1, 0.15) is 18.0 Å². The molecule has 1 aromatic rings. The van der Waals surface area contributed by atoms with Crippen molar-refractivity contribution in [3.63, 3.8) is 0 Å². The highest BCUT2D eigenvalue weighted by molar-refractivity contribution is 5.58. The fourth-order valence-electron chi connectivity index (χ4n) is 1.47. The molecule has 2 unspecified atom stereocenters. The first-order valence-corrected chi connectivity index (χ1v) is 4.26. The van der Waals surface area contributed by atoms with E-state index >= 15 is 0 Å². The lowest BCUT2D eigenvalue weighted by atomic mass is 10.1. The number of hydrogen-bond acceptors (Lipinski definition) is 4. The molecule has 68 valence electrons. The first kappa shape index (κ1) is 8.34. The topological polar surface area (TPSA) is 54.0 Å². The first-order valence-electron chi connectivity index (χ1n) is 4.26. The van der Waals surface area contributed by atoms with E-state index in [2.05, 4.69) is 15.8 Å². The molecule has 2 atom stereocenters. The van der Waals surface area contributed by atoms with Gasteiger partial charge in [-0.25, -0.2) is 10.9 Å². The van der Waals surface area contributed by atoms with Crippen LogP contribution < -0.4 is 10.9 Å². The zero-order valence-electron chi connectivity index (χ0n) is 7.10. The summed E-state index contributed by atoms with van der Waals surface area (Å²) in [6, 6.07) is 4.01. The third kappa shape index (κ3) is 1.74. The fourth-order valence-corrected chi connectivity index (χ4v) is 1.47. The Morgan fingerprint density at radius 2 is 2.46 bits per heavy atom. The molecular weight excluding hydrogens is 166 g/mol. The first-order chi connectivity index (χ1) is 6.40. The minimum absolute atomic E-state index is 0.0785. The lowest BCUT2D eigenvalue weighted by Gasteiger charge is -2.07. The Morgan fingerprint density at radius 1 is 1.54 bits per heavy atom. The van der Waals surface area contributed by atoms with E-state index in [0.717, 1.165) is 18.3 Å². The van der Waals surface area contributed by atoms with E-state index in [1.165, 1.54) is 0 Å². The van der Waals surface area contributed by atoms with Crippen LogP contribution in [0.3, 0.4) is 0 Å². The number of nitrogens with one attached hydrogen (secondary N) is 2. The number of carbonyl (C=O) groups excluding carboxylic acids is 1. The van der Waals surface area contributed by atoms with Gasteiger partial charge in [0.25, 0.3) is 0 Å². The Hall–Kier alpha value is -1.26. The molecule has 0 spiro atoms. The van der Waals surface area contributed by atoms with Gasteiger partial charge in [-0.1, -0.05) is 6.07 Å². The molecule has 2 N–H and O–H groups in total. The van der Waals surface area contributed by atoms with Gasteiger partial charge in [0, 0.05) is 18.4 Å². The lowest BCUT2D eigenvalue weighted by Crippen LogP contribution is -2.31. The third-order valence-corrected chi connectivity index (χ3v) is 2.18. The number of rotatable bonds is 2. The minimum atomic E-state index is -0.0785. The number of hydrogen-bond donors (Lipinski definition) is 2. The molecule has 2 heterocycles. The summed E-state index contributed by atoms with van der Waals surface area (Å²) in [6.07, 6.45) is 5.26. The van der Waals surface area contributed by atoms with Crippen LogP contribution in [0.5, 0.6) is 0 Å². The van der Waals surface area contributed by atoms with E-state index in [9.17, 15) is 4.79 Å². The summed E-state index contributed by atoms with van der Waals surface area (Å²) in [7, 11) is 0. The number of aromatic nitrogens is 1. The van der Waals surface area contributed by atoms with Crippen LogP contribution in [0.15, 0.2) is 24.5 Å². The van der Waals surface area contributed by atoms with Crippen molar-refractivity contribution in [3.8, 4) is 0 Å². The molecule has 0 amide bonds. The summed E-state index contributed by atoms with van der Waals surface area (Å²) in [4.78, 5) is 14.5. The normalized spacial score (nSPS) is 27.4. The summed E-state index contributed by atoms with van der Waals surface area (Å²) < 4.78 is 0. The zero-order chi connectivity index (χ0) is 9.10. The molecule has 4 heteroatoms. The van der Waals surface area contributed by atoms with Gasteiger partial charge in [0.1, 0.15) is 6.29 Å². The molecule has 0 saturated carbocycles. The molecule has 13 heavy (non-hydrogen) atoms. The zero-order valence-corrected chi connectivity index (χ0v) is 7.10. The summed E-state index contributed by atoms with van der Waals surface area (Å²) in [5.74, 6) is 0. The molecule has 0 aliphatic carbocycles. The highest BCUT2D eigenvalue weighted by Gasteiger charge is 2.23. The predicted molar refractivity (Wildman–Crippen MR) is 47.7 cm³/mol. The molecule has 1 aliphatic rings. The van der Waals surface area contributed by atoms with Gasteiger partial charge in [0.05, 0.1) is 6.04 Å². The van der Waals surface area contributed by atoms with E-state index in [4.69, 9.17) is 0 Å². The van der Waals surface area contributed by atoms with Crippen LogP contribution in [0.2, 0.25) is 0 Å². The number of nitrogens with zero attached hydrogens (tertiary/aromatic N) is 1. The number of pyridine rings is 1. The maximum atomic E-state index is 10.5. The molecule has 1 saturated heterocycles. The second-order valence-electron chi connectivity index (χ2n) is 3.11. The smallest absolute Gasteiger partial charge is 0.138 e. The second-order valence-corrected chi connectivity index (χ2v) is 3.11. The van der Waals surface area contributed by atoms with Gasteiger partial charge in [-0.05, 0) is 18.1 Å². The van der Waals surface area contributed by atoms with Gasteiger partial charge in [-0.15, -0.1) is 0 Å². The van der Waals surface area contributed by atoms with Crippen molar-refractivity contribution in [2.45, 2.75) is 18.5 Å². The number of aldehydes is 1. The van der Waals surface area contributed by atoms with Crippen LogP contribution in [0, 0.1) is 0 Å². The summed E-state index contributed by atoms with van der Waals surface area (Å²) in [5.41, 5.74) is 7.07. The van der Waals surface area contributed by atoms with Crippen molar-refractivity contribution >= 4 is 6.29 Å². The van der Waals surface area contributed by atoms with Gasteiger partial charge in [-0.2, -0.15) is 0 Å². The van der Waals surface area contributed by atoms with E-state index in [-0.39, 0.29) is 12.1 Å². The van der Waals surface area contributed by atoms with Gasteiger partial charge >= 0.3 is 0 Å². The summed E-state index contributed by atoms with van der Waals surface area (Å²) >= 11 is 0. The molecule has 1 aliphatic heterocycles. The molecule has 1 aromatic heterocycles. The van der Waals surface area contributed by atoms with Crippen LogP contribution in [0.4, 0.5) is 0 Å². The number of carbonyl (C=O) groups is 1. The quantitative estimate of drug-likeness (QED) is 0.633. The Morgan fingerprint density at radius 3 is 3.08 bits per heavy atom. The minimum Gasteiger partial charge on any atom is -0.302 e. The Kier molecular flexibility index (Phi) is 2.33. The van der Waals surface area contributed by atoms with Gasteiger partial charge in [0.2, 0.25) is 0 Å². The maximum absolute atomic E-state index is 10.5. The standard InChI is InChI=1S/C9H11N3O/c13-6-8-4-9(12-11-8)7-2-1-3-10-5-7/h1-3,5-6,8-9,11-12H,4H2. The lowest BCUT2D eigenvalue weighted by molar-refractivity contribution is -0.109. The van der Waals surface area contributed by atoms with Gasteiger partial charge < -0.3 is 4.79 Å². The molecule has 0 aromatic carbocycles. The predicted octanol–water partition coefficient (Wildman–Crippen LogP) is 0.188. The molecule has 4 nitrogen and oxygen atoms in total. The third-order valence-electron chi connectivity index (χ3n) is 2.18. The molecule has 2 rings (SSSR count). The van der Waals surface area contributed by atoms with Crippen molar-refractivity contribution in [1.82, 2.24) is 15.8 Å². The highest BCUT2D eigenvalue weighted by atomic mass is 16.1. The number of hydrazine groups is 1. The van der Waals surface area contributed by atoms with E-state index in [1.54, 1.807) is 6.20 Å². The second kappa shape index (κ2) is 3.64. The van der Waals surface area contributed by atoms with Crippen molar-refractivity contribution in [2.75, 3.05) is 0 Å². The largest absolute Gasteiger partial charge is 0.302 e. The molecular formula is C9H11N3O. The van der Waals surface area contributed by atoms with E-state index in [0.29, 0.717) is 0 Å². The van der Waals surface area contributed by atoms with Crippen molar-refractivity contribution in [3.05, 3.63) is 30.1 Å². The van der Waals surface area contributed by atoms with E-state index < -0.39 is 0 Å². The maximum Gasteiger partial charge on any atom is 0.138 e.